The molecule has 0 fully saturated rings. The van der Waals surface area contributed by atoms with Crippen LogP contribution in [0.4, 0.5) is 0 Å². The maximum absolute atomic E-state index is 14.0. The third kappa shape index (κ3) is 6.26. The SMILES string of the molecule is C=CCOc1c(Br)cc(/C=c2\sc3n(c2=O)[C@H](c2ccc(C(C)C)cc2)C(C(=O)OCC)=C(CCC)N=3)cc1Br. The monoisotopic (exact) mass is 686 g/mol. The molecular formula is C31H32Br2N2O4S. The minimum absolute atomic E-state index is 0.210. The van der Waals surface area contributed by atoms with Gasteiger partial charge in [0, 0.05) is 0 Å². The third-order valence-electron chi connectivity index (χ3n) is 6.47. The molecule has 0 spiro atoms. The van der Waals surface area contributed by atoms with Crippen LogP contribution < -0.4 is 19.6 Å². The van der Waals surface area contributed by atoms with Crippen LogP contribution in [0, 0.1) is 0 Å². The number of thiazole rings is 1. The van der Waals surface area contributed by atoms with Gasteiger partial charge < -0.3 is 9.47 Å². The van der Waals surface area contributed by atoms with Crippen molar-refractivity contribution in [1.29, 1.82) is 0 Å². The summed E-state index contributed by atoms with van der Waals surface area (Å²) >= 11 is 8.46. The third-order valence-corrected chi connectivity index (χ3v) is 8.64. The van der Waals surface area contributed by atoms with E-state index < -0.39 is 12.0 Å². The Labute approximate surface area is 255 Å². The van der Waals surface area contributed by atoms with Crippen molar-refractivity contribution in [3.05, 3.63) is 106 Å². The lowest BCUT2D eigenvalue weighted by molar-refractivity contribution is -0.139. The van der Waals surface area contributed by atoms with E-state index in [2.05, 4.69) is 64.4 Å². The van der Waals surface area contributed by atoms with Crippen LogP contribution in [0.2, 0.25) is 0 Å². The van der Waals surface area contributed by atoms with Gasteiger partial charge in [-0.05, 0) is 86.0 Å². The van der Waals surface area contributed by atoms with Crippen LogP contribution in [-0.2, 0) is 9.53 Å². The molecule has 3 aromatic rings. The highest BCUT2D eigenvalue weighted by atomic mass is 79.9. The highest BCUT2D eigenvalue weighted by Crippen LogP contribution is 2.36. The number of hydrogen-bond acceptors (Lipinski definition) is 6. The van der Waals surface area contributed by atoms with Crippen molar-refractivity contribution >= 4 is 55.2 Å². The van der Waals surface area contributed by atoms with Crippen LogP contribution in [0.1, 0.15) is 69.2 Å². The van der Waals surface area contributed by atoms with Gasteiger partial charge in [0.1, 0.15) is 12.4 Å². The van der Waals surface area contributed by atoms with Gasteiger partial charge in [0.15, 0.2) is 4.80 Å². The van der Waals surface area contributed by atoms with E-state index in [4.69, 9.17) is 14.5 Å². The topological polar surface area (TPSA) is 69.9 Å². The lowest BCUT2D eigenvalue weighted by Gasteiger charge is -2.26. The van der Waals surface area contributed by atoms with E-state index in [1.54, 1.807) is 17.6 Å². The number of fused-ring (bicyclic) bond motifs is 1. The molecule has 1 aromatic heterocycles. The first-order valence-corrected chi connectivity index (χ1v) is 15.6. The molecule has 40 heavy (non-hydrogen) atoms. The molecule has 4 rings (SSSR count). The van der Waals surface area contributed by atoms with Crippen molar-refractivity contribution in [2.45, 2.75) is 52.5 Å². The minimum atomic E-state index is -0.631. The molecule has 0 saturated carbocycles. The lowest BCUT2D eigenvalue weighted by Crippen LogP contribution is -2.40. The van der Waals surface area contributed by atoms with Gasteiger partial charge in [0.25, 0.3) is 5.56 Å². The molecule has 1 aliphatic rings. The van der Waals surface area contributed by atoms with Gasteiger partial charge in [-0.2, -0.15) is 0 Å². The highest BCUT2D eigenvalue weighted by molar-refractivity contribution is 9.11. The Kier molecular flexibility index (Phi) is 10.0. The summed E-state index contributed by atoms with van der Waals surface area (Å²) in [6.07, 6.45) is 4.92. The average Bonchev–Trinajstić information content (AvgIpc) is 3.22. The number of ether oxygens (including phenoxy) is 2. The van der Waals surface area contributed by atoms with Crippen LogP contribution in [0.25, 0.3) is 6.08 Å². The van der Waals surface area contributed by atoms with E-state index in [0.29, 0.717) is 45.3 Å². The molecule has 0 unspecified atom stereocenters. The normalized spacial score (nSPS) is 15.2. The summed E-state index contributed by atoms with van der Waals surface area (Å²) in [6.45, 7) is 12.4. The van der Waals surface area contributed by atoms with Gasteiger partial charge in [0.2, 0.25) is 0 Å². The van der Waals surface area contributed by atoms with Gasteiger partial charge in [-0.25, -0.2) is 9.79 Å². The van der Waals surface area contributed by atoms with Crippen LogP contribution in [0.3, 0.4) is 0 Å². The number of allylic oxidation sites excluding steroid dienone is 1. The first kappa shape index (κ1) is 30.2. The summed E-state index contributed by atoms with van der Waals surface area (Å²) in [7, 11) is 0. The summed E-state index contributed by atoms with van der Waals surface area (Å²) in [4.78, 5) is 32.8. The van der Waals surface area contributed by atoms with Gasteiger partial charge in [-0.3, -0.25) is 9.36 Å². The zero-order valence-electron chi connectivity index (χ0n) is 23.0. The van der Waals surface area contributed by atoms with E-state index in [1.807, 2.05) is 37.3 Å². The lowest BCUT2D eigenvalue weighted by atomic mass is 9.92. The molecule has 2 heterocycles. The molecule has 2 aromatic carbocycles. The van der Waals surface area contributed by atoms with Crippen LogP contribution in [0.15, 0.2) is 79.1 Å². The Morgan fingerprint density at radius 1 is 1.18 bits per heavy atom. The van der Waals surface area contributed by atoms with E-state index in [-0.39, 0.29) is 12.2 Å². The zero-order valence-corrected chi connectivity index (χ0v) is 27.0. The second-order valence-electron chi connectivity index (χ2n) is 9.65. The average molecular weight is 688 g/mol. The quantitative estimate of drug-likeness (QED) is 0.174. The maximum Gasteiger partial charge on any atom is 0.338 e. The van der Waals surface area contributed by atoms with Gasteiger partial charge in [-0.1, -0.05) is 75.4 Å². The van der Waals surface area contributed by atoms with E-state index >= 15 is 0 Å². The first-order chi connectivity index (χ1) is 19.2. The maximum atomic E-state index is 14.0. The van der Waals surface area contributed by atoms with Gasteiger partial charge >= 0.3 is 5.97 Å². The van der Waals surface area contributed by atoms with Gasteiger partial charge in [0.05, 0.1) is 37.4 Å². The fraction of sp³-hybridized carbons (Fsp3) is 0.323. The summed E-state index contributed by atoms with van der Waals surface area (Å²) < 4.78 is 14.9. The molecule has 9 heteroatoms. The van der Waals surface area contributed by atoms with Crippen LogP contribution >= 0.6 is 43.2 Å². The van der Waals surface area contributed by atoms with Crippen molar-refractivity contribution in [2.75, 3.05) is 13.2 Å². The number of carbonyl (C=O) groups excluding carboxylic acids is 1. The number of benzene rings is 2. The molecule has 0 radical (unpaired) electrons. The number of rotatable bonds is 10. The molecule has 0 saturated heterocycles. The summed E-state index contributed by atoms with van der Waals surface area (Å²) in [5.74, 6) is 0.579. The fourth-order valence-electron chi connectivity index (χ4n) is 4.59. The number of nitrogens with zero attached hydrogens (tertiary/aromatic N) is 2. The van der Waals surface area contributed by atoms with Gasteiger partial charge in [-0.15, -0.1) is 0 Å². The zero-order chi connectivity index (χ0) is 29.0. The molecule has 6 nitrogen and oxygen atoms in total. The number of carbonyl (C=O) groups is 1. The van der Waals surface area contributed by atoms with E-state index in [1.165, 1.54) is 16.9 Å². The fourth-order valence-corrected chi connectivity index (χ4v) is 7.06. The molecule has 1 aliphatic heterocycles. The summed E-state index contributed by atoms with van der Waals surface area (Å²) in [5, 5.41) is 0. The summed E-state index contributed by atoms with van der Waals surface area (Å²) in [6, 6.07) is 11.3. The second kappa shape index (κ2) is 13.3. The Morgan fingerprint density at radius 3 is 2.42 bits per heavy atom. The molecule has 0 amide bonds. The number of aromatic nitrogens is 1. The Balaban J connectivity index is 1.93. The Hall–Kier alpha value is -2.75. The molecular weight excluding hydrogens is 656 g/mol. The standard InChI is InChI=1S/C31H32Br2N2O4S/c1-6-9-24-26(30(37)38-8-3)27(21-12-10-20(11-13-21)18(4)5)35-29(36)25(40-31(35)34-24)17-19-15-22(32)28(23(33)16-19)39-14-7-2/h7,10-13,15-18,27H,2,6,8-9,14H2,1,3-5H3/b25-17-/t27-/m1/s1. The van der Waals surface area contributed by atoms with Crippen LogP contribution in [0.5, 0.6) is 5.75 Å². The number of esters is 1. The van der Waals surface area contributed by atoms with Crippen molar-refractivity contribution in [3.63, 3.8) is 0 Å². The molecule has 0 bridgehead atoms. The number of halogens is 2. The van der Waals surface area contributed by atoms with E-state index in [9.17, 15) is 9.59 Å². The molecule has 210 valence electrons. The predicted molar refractivity (Wildman–Crippen MR) is 168 cm³/mol. The summed E-state index contributed by atoms with van der Waals surface area (Å²) in [5.41, 5.74) is 3.72. The van der Waals surface area contributed by atoms with E-state index in [0.717, 1.165) is 26.5 Å². The molecule has 1 atom stereocenters. The molecule has 0 aliphatic carbocycles. The number of hydrogen-bond donors (Lipinski definition) is 0. The largest absolute Gasteiger partial charge is 0.487 e. The van der Waals surface area contributed by atoms with Crippen molar-refractivity contribution in [2.24, 2.45) is 4.99 Å². The second-order valence-corrected chi connectivity index (χ2v) is 12.4. The predicted octanol–water partition coefficient (Wildman–Crippen LogP) is 6.79. The smallest absolute Gasteiger partial charge is 0.338 e. The highest BCUT2D eigenvalue weighted by Gasteiger charge is 2.34. The van der Waals surface area contributed by atoms with Crippen molar-refractivity contribution in [1.82, 2.24) is 4.57 Å². The Bertz CT molecular complexity index is 1610. The molecule has 0 N–H and O–H groups in total. The Morgan fingerprint density at radius 2 is 1.85 bits per heavy atom. The van der Waals surface area contributed by atoms with Crippen molar-refractivity contribution in [3.8, 4) is 5.75 Å². The first-order valence-electron chi connectivity index (χ1n) is 13.2. The van der Waals surface area contributed by atoms with Crippen LogP contribution in [-0.4, -0.2) is 23.8 Å². The minimum Gasteiger partial charge on any atom is -0.487 e. The van der Waals surface area contributed by atoms with Crippen molar-refractivity contribution < 1.29 is 14.3 Å².